The largest absolute Gasteiger partial charge is 0.340 e. The number of nitrogens with zero attached hydrogens (tertiary/aromatic N) is 2. The van der Waals surface area contributed by atoms with Crippen molar-refractivity contribution in [1.82, 2.24) is 9.78 Å². The van der Waals surface area contributed by atoms with Crippen LogP contribution in [0, 0.1) is 5.82 Å². The van der Waals surface area contributed by atoms with Gasteiger partial charge in [0.2, 0.25) is 0 Å². The fourth-order valence-electron chi connectivity index (χ4n) is 0.516. The minimum absolute atomic E-state index is 0.266. The molecule has 10 heavy (non-hydrogen) atoms. The summed E-state index contributed by atoms with van der Waals surface area (Å²) in [4.78, 5) is 0. The van der Waals surface area contributed by atoms with E-state index in [1.54, 1.807) is 0 Å². The molecule has 0 bridgehead atoms. The third kappa shape index (κ3) is 1.29. The molecule has 0 unspecified atom stereocenters. The summed E-state index contributed by atoms with van der Waals surface area (Å²) in [5, 5.41) is 3.08. The molecular formula is C5H5F3N2. The third-order valence-corrected chi connectivity index (χ3v) is 0.953. The maximum absolute atomic E-state index is 12.2. The van der Waals surface area contributed by atoms with Gasteiger partial charge >= 0.3 is 6.05 Å². The van der Waals surface area contributed by atoms with Gasteiger partial charge in [-0.3, -0.25) is 0 Å². The Morgan fingerprint density at radius 1 is 1.60 bits per heavy atom. The van der Waals surface area contributed by atoms with E-state index in [4.69, 9.17) is 0 Å². The van der Waals surface area contributed by atoms with Crippen LogP contribution in [0.25, 0.3) is 0 Å². The number of aromatic nitrogens is 2. The lowest BCUT2D eigenvalue weighted by atomic mass is 10.6. The Bertz CT molecular complexity index is 225. The molecule has 0 saturated carbocycles. The van der Waals surface area contributed by atoms with E-state index in [0.717, 1.165) is 6.20 Å². The molecule has 0 fully saturated rings. The Morgan fingerprint density at radius 3 is 2.40 bits per heavy atom. The van der Waals surface area contributed by atoms with E-state index in [0.29, 0.717) is 13.1 Å². The van der Waals surface area contributed by atoms with Gasteiger partial charge in [0.1, 0.15) is 0 Å². The van der Waals surface area contributed by atoms with Crippen molar-refractivity contribution < 1.29 is 13.2 Å². The normalized spacial score (nSPS) is 12.0. The molecule has 0 amide bonds. The number of rotatable bonds is 1. The van der Waals surface area contributed by atoms with Crippen molar-refractivity contribution in [2.45, 2.75) is 13.0 Å². The molecule has 1 heterocycles. The average Bonchev–Trinajstić information content (AvgIpc) is 2.11. The van der Waals surface area contributed by atoms with E-state index in [1.165, 1.54) is 0 Å². The molecule has 0 aliphatic carbocycles. The van der Waals surface area contributed by atoms with Crippen LogP contribution in [-0.2, 0) is 6.05 Å². The summed E-state index contributed by atoms with van der Waals surface area (Å²) in [6, 6.07) is -3.12. The molecule has 5 heteroatoms. The maximum atomic E-state index is 12.2. The molecule has 1 rings (SSSR count). The summed E-state index contributed by atoms with van der Waals surface area (Å²) < 4.78 is 36.7. The van der Waals surface area contributed by atoms with E-state index in [9.17, 15) is 13.2 Å². The zero-order chi connectivity index (χ0) is 7.78. The molecule has 0 N–H and O–H groups in total. The van der Waals surface area contributed by atoms with Crippen LogP contribution in [-0.4, -0.2) is 9.78 Å². The SMILES string of the molecule is CC(F)(F)n1cc(F)cn1. The van der Waals surface area contributed by atoms with E-state index in [2.05, 4.69) is 5.10 Å². The standard InChI is InChI=1S/C5H5F3N2/c1-5(7,8)10-3-4(6)2-9-10/h2-3H,1H3. The van der Waals surface area contributed by atoms with Crippen LogP contribution in [0.15, 0.2) is 12.4 Å². The summed E-state index contributed by atoms with van der Waals surface area (Å²) >= 11 is 0. The number of hydrogen-bond acceptors (Lipinski definition) is 1. The Labute approximate surface area is 55.3 Å². The van der Waals surface area contributed by atoms with Crippen molar-refractivity contribution in [3.63, 3.8) is 0 Å². The third-order valence-electron chi connectivity index (χ3n) is 0.953. The molecule has 0 radical (unpaired) electrons. The Morgan fingerprint density at radius 2 is 2.20 bits per heavy atom. The first-order valence-corrected chi connectivity index (χ1v) is 2.58. The van der Waals surface area contributed by atoms with Crippen molar-refractivity contribution in [3.05, 3.63) is 18.2 Å². The highest BCUT2D eigenvalue weighted by Crippen LogP contribution is 2.17. The Hall–Kier alpha value is -1.00. The summed E-state index contributed by atoms with van der Waals surface area (Å²) in [5.41, 5.74) is 0. The fraction of sp³-hybridized carbons (Fsp3) is 0.400. The van der Waals surface area contributed by atoms with Gasteiger partial charge < -0.3 is 0 Å². The van der Waals surface area contributed by atoms with Crippen molar-refractivity contribution in [2.24, 2.45) is 0 Å². The van der Waals surface area contributed by atoms with Gasteiger partial charge in [0.25, 0.3) is 0 Å². The van der Waals surface area contributed by atoms with Crippen molar-refractivity contribution in [1.29, 1.82) is 0 Å². The second-order valence-corrected chi connectivity index (χ2v) is 1.95. The maximum Gasteiger partial charge on any atom is 0.340 e. The van der Waals surface area contributed by atoms with Crippen LogP contribution >= 0.6 is 0 Å². The molecule has 0 aliphatic rings. The van der Waals surface area contributed by atoms with Gasteiger partial charge in [0, 0.05) is 6.92 Å². The van der Waals surface area contributed by atoms with Gasteiger partial charge in [0.15, 0.2) is 5.82 Å². The van der Waals surface area contributed by atoms with Gasteiger partial charge in [-0.1, -0.05) is 0 Å². The second kappa shape index (κ2) is 2.00. The second-order valence-electron chi connectivity index (χ2n) is 1.95. The first-order valence-electron chi connectivity index (χ1n) is 2.58. The summed E-state index contributed by atoms with van der Waals surface area (Å²) in [6.07, 6.45) is 1.37. The molecule has 0 aromatic carbocycles. The number of alkyl halides is 2. The molecule has 56 valence electrons. The predicted molar refractivity (Wildman–Crippen MR) is 28.0 cm³/mol. The first kappa shape index (κ1) is 7.11. The molecule has 1 aromatic rings. The van der Waals surface area contributed by atoms with Crippen LogP contribution < -0.4 is 0 Å². The molecule has 0 atom stereocenters. The minimum atomic E-state index is -3.12. The monoisotopic (exact) mass is 150 g/mol. The molecular weight excluding hydrogens is 145 g/mol. The average molecular weight is 150 g/mol. The lowest BCUT2D eigenvalue weighted by Crippen LogP contribution is -2.18. The highest BCUT2D eigenvalue weighted by Gasteiger charge is 2.24. The van der Waals surface area contributed by atoms with Crippen molar-refractivity contribution in [3.8, 4) is 0 Å². The molecule has 2 nitrogen and oxygen atoms in total. The topological polar surface area (TPSA) is 17.8 Å². The van der Waals surface area contributed by atoms with E-state index in [-0.39, 0.29) is 4.68 Å². The summed E-state index contributed by atoms with van der Waals surface area (Å²) in [5.74, 6) is -0.762. The lowest BCUT2D eigenvalue weighted by Gasteiger charge is -2.08. The van der Waals surface area contributed by atoms with Crippen LogP contribution in [0.3, 0.4) is 0 Å². The van der Waals surface area contributed by atoms with E-state index >= 15 is 0 Å². The zero-order valence-electron chi connectivity index (χ0n) is 5.18. The van der Waals surface area contributed by atoms with Crippen LogP contribution in [0.2, 0.25) is 0 Å². The van der Waals surface area contributed by atoms with Crippen LogP contribution in [0.4, 0.5) is 13.2 Å². The summed E-state index contributed by atoms with van der Waals surface area (Å²) in [6.45, 7) is 0.638. The highest BCUT2D eigenvalue weighted by molar-refractivity contribution is 4.85. The van der Waals surface area contributed by atoms with Crippen molar-refractivity contribution >= 4 is 0 Å². The number of halogens is 3. The lowest BCUT2D eigenvalue weighted by molar-refractivity contribution is -0.0725. The van der Waals surface area contributed by atoms with Crippen molar-refractivity contribution in [2.75, 3.05) is 0 Å². The van der Waals surface area contributed by atoms with Gasteiger partial charge in [-0.25, -0.2) is 9.07 Å². The fourth-order valence-corrected chi connectivity index (χ4v) is 0.516. The number of hydrogen-bond donors (Lipinski definition) is 0. The van der Waals surface area contributed by atoms with Gasteiger partial charge in [-0.2, -0.15) is 13.9 Å². The van der Waals surface area contributed by atoms with Gasteiger partial charge in [-0.15, -0.1) is 0 Å². The van der Waals surface area contributed by atoms with E-state index in [1.807, 2.05) is 0 Å². The smallest absolute Gasteiger partial charge is 0.206 e. The highest BCUT2D eigenvalue weighted by atomic mass is 19.3. The van der Waals surface area contributed by atoms with Crippen LogP contribution in [0.5, 0.6) is 0 Å². The molecule has 0 spiro atoms. The molecule has 1 aromatic heterocycles. The van der Waals surface area contributed by atoms with Crippen LogP contribution in [0.1, 0.15) is 6.92 Å². The Balaban J connectivity index is 2.96. The van der Waals surface area contributed by atoms with E-state index < -0.39 is 11.9 Å². The zero-order valence-corrected chi connectivity index (χ0v) is 5.18. The van der Waals surface area contributed by atoms with Gasteiger partial charge in [0.05, 0.1) is 12.4 Å². The first-order chi connectivity index (χ1) is 4.50. The summed E-state index contributed by atoms with van der Waals surface area (Å²) in [7, 11) is 0. The minimum Gasteiger partial charge on any atom is -0.206 e. The van der Waals surface area contributed by atoms with Gasteiger partial charge in [-0.05, 0) is 0 Å². The quantitative estimate of drug-likeness (QED) is 0.594. The molecule has 0 saturated heterocycles. The molecule has 0 aliphatic heterocycles. The predicted octanol–water partition coefficient (Wildman–Crippen LogP) is 1.59. The Kier molecular flexibility index (Phi) is 1.42.